The Bertz CT molecular complexity index is 523. The van der Waals surface area contributed by atoms with Gasteiger partial charge < -0.3 is 24.2 Å². The molecule has 2 rings (SSSR count). The van der Waals surface area contributed by atoms with Crippen LogP contribution in [-0.4, -0.2) is 67.9 Å². The fraction of sp³-hybridized carbons (Fsp3) is 0.667. The van der Waals surface area contributed by atoms with E-state index in [1.54, 1.807) is 25.0 Å². The van der Waals surface area contributed by atoms with Gasteiger partial charge in [0, 0.05) is 32.3 Å². The van der Waals surface area contributed by atoms with E-state index < -0.39 is 0 Å². The Balaban J connectivity index is 1.69. The lowest BCUT2D eigenvalue weighted by Gasteiger charge is -2.31. The molecule has 0 atom stereocenters. The van der Waals surface area contributed by atoms with E-state index in [2.05, 4.69) is 10.5 Å². The van der Waals surface area contributed by atoms with Gasteiger partial charge in [0.2, 0.25) is 5.91 Å². The summed E-state index contributed by atoms with van der Waals surface area (Å²) in [6.45, 7) is 3.81. The first-order valence-electron chi connectivity index (χ1n) is 7.68. The molecular weight excluding hydrogens is 302 g/mol. The molecule has 0 unspecified atom stereocenters. The third-order valence-electron chi connectivity index (χ3n) is 3.66. The van der Waals surface area contributed by atoms with Crippen molar-refractivity contribution in [2.24, 2.45) is 0 Å². The molecule has 1 fully saturated rings. The Labute approximate surface area is 135 Å². The monoisotopic (exact) mass is 325 g/mol. The van der Waals surface area contributed by atoms with Gasteiger partial charge in [0.25, 0.3) is 5.91 Å². The van der Waals surface area contributed by atoms with Gasteiger partial charge in [-0.25, -0.2) is 0 Å². The molecule has 0 saturated carbocycles. The number of piperidine rings is 1. The summed E-state index contributed by atoms with van der Waals surface area (Å²) in [5, 5.41) is 6.67. The molecule has 8 heteroatoms. The van der Waals surface area contributed by atoms with Crippen LogP contribution < -0.4 is 5.32 Å². The minimum atomic E-state index is -0.141. The number of nitrogens with zero attached hydrogens (tertiary/aromatic N) is 2. The molecule has 1 N–H and O–H groups in total. The highest BCUT2D eigenvalue weighted by molar-refractivity contribution is 5.92. The highest BCUT2D eigenvalue weighted by Crippen LogP contribution is 2.14. The molecule has 23 heavy (non-hydrogen) atoms. The predicted molar refractivity (Wildman–Crippen MR) is 81.0 cm³/mol. The van der Waals surface area contributed by atoms with Crippen LogP contribution in [0.15, 0.2) is 10.6 Å². The van der Waals surface area contributed by atoms with E-state index in [1.165, 1.54) is 0 Å². The smallest absolute Gasteiger partial charge is 0.276 e. The van der Waals surface area contributed by atoms with Crippen molar-refractivity contribution in [3.05, 3.63) is 17.5 Å². The number of likely N-dealkylation sites (tertiary alicyclic amines) is 1. The zero-order valence-corrected chi connectivity index (χ0v) is 13.5. The first kappa shape index (κ1) is 17.4. The molecule has 1 aromatic rings. The fourth-order valence-corrected chi connectivity index (χ4v) is 2.43. The Morgan fingerprint density at radius 2 is 2.13 bits per heavy atom. The second-order valence-electron chi connectivity index (χ2n) is 5.50. The maximum Gasteiger partial charge on any atom is 0.276 e. The fourth-order valence-electron chi connectivity index (χ4n) is 2.43. The van der Waals surface area contributed by atoms with Crippen LogP contribution >= 0.6 is 0 Å². The summed E-state index contributed by atoms with van der Waals surface area (Å²) in [5.41, 5.74) is 0.330. The zero-order chi connectivity index (χ0) is 16.7. The maximum atomic E-state index is 12.2. The van der Waals surface area contributed by atoms with Crippen LogP contribution in [0.4, 0.5) is 0 Å². The average molecular weight is 325 g/mol. The van der Waals surface area contributed by atoms with Crippen LogP contribution in [-0.2, 0) is 14.3 Å². The number of amides is 2. The van der Waals surface area contributed by atoms with Gasteiger partial charge in [-0.05, 0) is 19.8 Å². The standard InChI is InChI=1S/C15H23N3O5/c1-11-9-13(17-23-11)15(20)18-5-3-12(4-6-18)16-14(19)10-22-8-7-21-2/h9,12H,3-8,10H2,1-2H3,(H,16,19). The lowest BCUT2D eigenvalue weighted by molar-refractivity contribution is -0.127. The summed E-state index contributed by atoms with van der Waals surface area (Å²) in [4.78, 5) is 25.7. The normalized spacial score (nSPS) is 15.7. The summed E-state index contributed by atoms with van der Waals surface area (Å²) in [6.07, 6.45) is 1.43. The Hall–Kier alpha value is -1.93. The summed E-state index contributed by atoms with van der Waals surface area (Å²) < 4.78 is 14.9. The topological polar surface area (TPSA) is 93.9 Å². The van der Waals surface area contributed by atoms with Gasteiger partial charge in [-0.15, -0.1) is 0 Å². The Kier molecular flexibility index (Phi) is 6.54. The van der Waals surface area contributed by atoms with Crippen molar-refractivity contribution in [1.29, 1.82) is 0 Å². The minimum Gasteiger partial charge on any atom is -0.382 e. The van der Waals surface area contributed by atoms with Crippen molar-refractivity contribution in [3.63, 3.8) is 0 Å². The van der Waals surface area contributed by atoms with Crippen molar-refractivity contribution in [1.82, 2.24) is 15.4 Å². The second kappa shape index (κ2) is 8.64. The highest BCUT2D eigenvalue weighted by Gasteiger charge is 2.26. The van der Waals surface area contributed by atoms with E-state index in [1.807, 2.05) is 0 Å². The van der Waals surface area contributed by atoms with Crippen LogP contribution in [0.2, 0.25) is 0 Å². The maximum absolute atomic E-state index is 12.2. The lowest BCUT2D eigenvalue weighted by atomic mass is 10.0. The van der Waals surface area contributed by atoms with E-state index in [9.17, 15) is 9.59 Å². The quantitative estimate of drug-likeness (QED) is 0.728. The van der Waals surface area contributed by atoms with Crippen LogP contribution in [0.5, 0.6) is 0 Å². The molecule has 0 aliphatic carbocycles. The van der Waals surface area contributed by atoms with Crippen molar-refractivity contribution in [3.8, 4) is 0 Å². The first-order chi connectivity index (χ1) is 11.1. The van der Waals surface area contributed by atoms with Gasteiger partial charge in [-0.2, -0.15) is 0 Å². The molecule has 1 aliphatic heterocycles. The van der Waals surface area contributed by atoms with Crippen molar-refractivity contribution < 1.29 is 23.6 Å². The SMILES string of the molecule is COCCOCC(=O)NC1CCN(C(=O)c2cc(C)on2)CC1. The van der Waals surface area contributed by atoms with Gasteiger partial charge >= 0.3 is 0 Å². The van der Waals surface area contributed by atoms with E-state index in [0.29, 0.717) is 50.6 Å². The number of rotatable bonds is 7. The summed E-state index contributed by atoms with van der Waals surface area (Å²) in [7, 11) is 1.58. The van der Waals surface area contributed by atoms with E-state index in [0.717, 1.165) is 0 Å². The van der Waals surface area contributed by atoms with Crippen LogP contribution in [0.25, 0.3) is 0 Å². The average Bonchev–Trinajstić information content (AvgIpc) is 2.98. The van der Waals surface area contributed by atoms with Crippen LogP contribution in [0.3, 0.4) is 0 Å². The van der Waals surface area contributed by atoms with Crippen molar-refractivity contribution in [2.45, 2.75) is 25.8 Å². The number of carbonyl (C=O) groups excluding carboxylic acids is 2. The van der Waals surface area contributed by atoms with E-state index >= 15 is 0 Å². The molecule has 128 valence electrons. The molecule has 0 spiro atoms. The number of hydrogen-bond acceptors (Lipinski definition) is 6. The third-order valence-corrected chi connectivity index (χ3v) is 3.66. The summed E-state index contributed by atoms with van der Waals surface area (Å²) >= 11 is 0. The number of aromatic nitrogens is 1. The van der Waals surface area contributed by atoms with E-state index in [4.69, 9.17) is 14.0 Å². The molecular formula is C15H23N3O5. The molecule has 2 amide bonds. The summed E-state index contributed by atoms with van der Waals surface area (Å²) in [5.74, 6) is 0.344. The molecule has 1 aliphatic rings. The number of nitrogens with one attached hydrogen (secondary N) is 1. The number of aryl methyl sites for hydroxylation is 1. The second-order valence-corrected chi connectivity index (χ2v) is 5.50. The minimum absolute atomic E-state index is 0.0285. The molecule has 1 aromatic heterocycles. The number of hydrogen-bond donors (Lipinski definition) is 1. The van der Waals surface area contributed by atoms with Gasteiger partial charge in [0.1, 0.15) is 12.4 Å². The Morgan fingerprint density at radius 3 is 2.74 bits per heavy atom. The van der Waals surface area contributed by atoms with Crippen molar-refractivity contribution >= 4 is 11.8 Å². The summed E-state index contributed by atoms with van der Waals surface area (Å²) in [6, 6.07) is 1.70. The van der Waals surface area contributed by atoms with Gasteiger partial charge in [-0.1, -0.05) is 5.16 Å². The van der Waals surface area contributed by atoms with Gasteiger partial charge in [0.15, 0.2) is 5.69 Å². The molecule has 1 saturated heterocycles. The lowest BCUT2D eigenvalue weighted by Crippen LogP contribution is -2.47. The van der Waals surface area contributed by atoms with Gasteiger partial charge in [-0.3, -0.25) is 9.59 Å². The van der Waals surface area contributed by atoms with E-state index in [-0.39, 0.29) is 24.5 Å². The zero-order valence-electron chi connectivity index (χ0n) is 13.5. The van der Waals surface area contributed by atoms with Gasteiger partial charge in [0.05, 0.1) is 13.2 Å². The molecule has 8 nitrogen and oxygen atoms in total. The Morgan fingerprint density at radius 1 is 1.39 bits per heavy atom. The number of methoxy groups -OCH3 is 1. The molecule has 2 heterocycles. The van der Waals surface area contributed by atoms with Crippen molar-refractivity contribution in [2.75, 3.05) is 40.0 Å². The largest absolute Gasteiger partial charge is 0.382 e. The first-order valence-corrected chi connectivity index (χ1v) is 7.68. The third kappa shape index (κ3) is 5.33. The predicted octanol–water partition coefficient (Wildman–Crippen LogP) is 0.367. The number of carbonyl (C=O) groups is 2. The van der Waals surface area contributed by atoms with Crippen LogP contribution in [0.1, 0.15) is 29.1 Å². The molecule has 0 bridgehead atoms. The molecule has 0 radical (unpaired) electrons. The molecule has 0 aromatic carbocycles. The number of ether oxygens (including phenoxy) is 2. The van der Waals surface area contributed by atoms with Crippen LogP contribution in [0, 0.1) is 6.92 Å². The highest BCUT2D eigenvalue weighted by atomic mass is 16.5.